The fraction of sp³-hybridized carbons (Fsp3) is 0.235. The van der Waals surface area contributed by atoms with Gasteiger partial charge in [-0.05, 0) is 53.0 Å². The van der Waals surface area contributed by atoms with E-state index in [1.807, 2.05) is 18.2 Å². The Morgan fingerprint density at radius 3 is 2.76 bits per heavy atom. The highest BCUT2D eigenvalue weighted by Gasteiger charge is 2.09. The highest BCUT2D eigenvalue weighted by atomic mass is 79.9. The largest absolute Gasteiger partial charge is 0.493 e. The Hall–Kier alpha value is -1.81. The molecule has 0 fully saturated rings. The molecule has 2 heterocycles. The molecule has 0 aliphatic rings. The summed E-state index contributed by atoms with van der Waals surface area (Å²) in [5.41, 5.74) is 3.46. The minimum atomic E-state index is 0.615. The molecular formula is C17H17BrN2O. The fourth-order valence-electron chi connectivity index (χ4n) is 2.36. The van der Waals surface area contributed by atoms with Crippen LogP contribution >= 0.6 is 15.9 Å². The molecule has 0 spiro atoms. The standard InChI is InChI=1S/C17H17BrN2O/c1-12-7-8-14-17(18)19-16(20(14)11-12)9-10-21-15-6-4-3-5-13(15)2/h3-8,11H,9-10H2,1-2H3. The van der Waals surface area contributed by atoms with Crippen molar-refractivity contribution in [2.75, 3.05) is 6.61 Å². The number of fused-ring (bicyclic) bond motifs is 1. The van der Waals surface area contributed by atoms with E-state index in [0.29, 0.717) is 6.61 Å². The van der Waals surface area contributed by atoms with Gasteiger partial charge < -0.3 is 9.14 Å². The van der Waals surface area contributed by atoms with Gasteiger partial charge in [0.25, 0.3) is 0 Å². The van der Waals surface area contributed by atoms with E-state index < -0.39 is 0 Å². The van der Waals surface area contributed by atoms with E-state index in [1.165, 1.54) is 5.56 Å². The summed E-state index contributed by atoms with van der Waals surface area (Å²) in [5, 5.41) is 0. The maximum atomic E-state index is 5.86. The van der Waals surface area contributed by atoms with Gasteiger partial charge in [0.05, 0.1) is 12.1 Å². The molecule has 3 aromatic rings. The van der Waals surface area contributed by atoms with Crippen LogP contribution in [0, 0.1) is 13.8 Å². The SMILES string of the molecule is Cc1ccc2c(Br)nc(CCOc3ccccc3C)n2c1. The van der Waals surface area contributed by atoms with Gasteiger partial charge in [-0.15, -0.1) is 0 Å². The average molecular weight is 345 g/mol. The lowest BCUT2D eigenvalue weighted by Crippen LogP contribution is -2.05. The zero-order chi connectivity index (χ0) is 14.8. The quantitative estimate of drug-likeness (QED) is 0.703. The van der Waals surface area contributed by atoms with Crippen LogP contribution in [0.1, 0.15) is 17.0 Å². The van der Waals surface area contributed by atoms with Crippen molar-refractivity contribution >= 4 is 21.4 Å². The Kier molecular flexibility index (Phi) is 3.97. The molecule has 3 nitrogen and oxygen atoms in total. The number of hydrogen-bond donors (Lipinski definition) is 0. The second kappa shape index (κ2) is 5.90. The summed E-state index contributed by atoms with van der Waals surface area (Å²) in [5.74, 6) is 1.95. The van der Waals surface area contributed by atoms with Gasteiger partial charge in [0.15, 0.2) is 0 Å². The van der Waals surface area contributed by atoms with Crippen molar-refractivity contribution in [2.45, 2.75) is 20.3 Å². The molecule has 0 saturated heterocycles. The second-order valence-electron chi connectivity index (χ2n) is 5.14. The third-order valence-corrected chi connectivity index (χ3v) is 4.07. The van der Waals surface area contributed by atoms with E-state index in [0.717, 1.165) is 33.7 Å². The maximum Gasteiger partial charge on any atom is 0.132 e. The minimum Gasteiger partial charge on any atom is -0.493 e. The van der Waals surface area contributed by atoms with Gasteiger partial charge >= 0.3 is 0 Å². The van der Waals surface area contributed by atoms with Crippen molar-refractivity contribution < 1.29 is 4.74 Å². The number of pyridine rings is 1. The van der Waals surface area contributed by atoms with Gasteiger partial charge in [-0.2, -0.15) is 0 Å². The van der Waals surface area contributed by atoms with Gasteiger partial charge in [0.2, 0.25) is 0 Å². The van der Waals surface area contributed by atoms with E-state index in [4.69, 9.17) is 4.74 Å². The number of aromatic nitrogens is 2. The highest BCUT2D eigenvalue weighted by Crippen LogP contribution is 2.21. The lowest BCUT2D eigenvalue weighted by atomic mass is 10.2. The molecule has 21 heavy (non-hydrogen) atoms. The van der Waals surface area contributed by atoms with Gasteiger partial charge in [-0.25, -0.2) is 4.98 Å². The first-order chi connectivity index (χ1) is 10.1. The van der Waals surface area contributed by atoms with Gasteiger partial charge in [-0.3, -0.25) is 0 Å². The first-order valence-corrected chi connectivity index (χ1v) is 7.76. The third kappa shape index (κ3) is 2.95. The van der Waals surface area contributed by atoms with Crippen LogP contribution < -0.4 is 4.74 Å². The molecule has 0 unspecified atom stereocenters. The zero-order valence-corrected chi connectivity index (χ0v) is 13.7. The lowest BCUT2D eigenvalue weighted by molar-refractivity contribution is 0.316. The smallest absolute Gasteiger partial charge is 0.132 e. The predicted octanol–water partition coefficient (Wildman–Crippen LogP) is 4.34. The van der Waals surface area contributed by atoms with Crippen LogP contribution in [0.3, 0.4) is 0 Å². The third-order valence-electron chi connectivity index (χ3n) is 3.49. The average Bonchev–Trinajstić information content (AvgIpc) is 2.77. The number of ether oxygens (including phenoxy) is 1. The van der Waals surface area contributed by atoms with Crippen LogP contribution in [-0.4, -0.2) is 16.0 Å². The van der Waals surface area contributed by atoms with Gasteiger partial charge in [-0.1, -0.05) is 24.3 Å². The molecule has 2 aromatic heterocycles. The Balaban J connectivity index is 1.77. The molecule has 0 bridgehead atoms. The highest BCUT2D eigenvalue weighted by molar-refractivity contribution is 9.10. The zero-order valence-electron chi connectivity index (χ0n) is 12.1. The van der Waals surface area contributed by atoms with Crippen LogP contribution in [0.2, 0.25) is 0 Å². The molecule has 3 rings (SSSR count). The monoisotopic (exact) mass is 344 g/mol. The number of rotatable bonds is 4. The van der Waals surface area contributed by atoms with Crippen LogP contribution in [0.5, 0.6) is 5.75 Å². The molecular weight excluding hydrogens is 328 g/mol. The number of aryl methyl sites for hydroxylation is 2. The summed E-state index contributed by atoms with van der Waals surface area (Å²) >= 11 is 3.52. The van der Waals surface area contributed by atoms with Crippen molar-refractivity contribution in [1.82, 2.24) is 9.38 Å². The minimum absolute atomic E-state index is 0.615. The number of halogens is 1. The van der Waals surface area contributed by atoms with Crippen LogP contribution in [-0.2, 0) is 6.42 Å². The van der Waals surface area contributed by atoms with E-state index in [1.54, 1.807) is 0 Å². The Labute approximate surface area is 132 Å². The van der Waals surface area contributed by atoms with E-state index >= 15 is 0 Å². The molecule has 0 aliphatic carbocycles. The lowest BCUT2D eigenvalue weighted by Gasteiger charge is -2.08. The van der Waals surface area contributed by atoms with Crippen LogP contribution in [0.25, 0.3) is 5.52 Å². The fourth-order valence-corrected chi connectivity index (χ4v) is 2.89. The van der Waals surface area contributed by atoms with Crippen molar-refractivity contribution in [3.05, 3.63) is 64.1 Å². The molecule has 0 N–H and O–H groups in total. The number of nitrogens with zero attached hydrogens (tertiary/aromatic N) is 2. The van der Waals surface area contributed by atoms with Crippen molar-refractivity contribution in [3.63, 3.8) is 0 Å². The number of hydrogen-bond acceptors (Lipinski definition) is 2. The van der Waals surface area contributed by atoms with Crippen molar-refractivity contribution in [2.24, 2.45) is 0 Å². The summed E-state index contributed by atoms with van der Waals surface area (Å²) in [7, 11) is 0. The van der Waals surface area contributed by atoms with Gasteiger partial charge in [0.1, 0.15) is 16.2 Å². The molecule has 0 aliphatic heterocycles. The Bertz CT molecular complexity index is 780. The summed E-state index contributed by atoms with van der Waals surface area (Å²) in [6.07, 6.45) is 2.88. The Morgan fingerprint density at radius 1 is 1.14 bits per heavy atom. The molecule has 0 amide bonds. The molecule has 108 valence electrons. The molecule has 0 saturated carbocycles. The molecule has 4 heteroatoms. The topological polar surface area (TPSA) is 26.5 Å². The van der Waals surface area contributed by atoms with E-state index in [9.17, 15) is 0 Å². The van der Waals surface area contributed by atoms with E-state index in [-0.39, 0.29) is 0 Å². The summed E-state index contributed by atoms with van der Waals surface area (Å²) < 4.78 is 8.87. The van der Waals surface area contributed by atoms with Crippen molar-refractivity contribution in [1.29, 1.82) is 0 Å². The molecule has 1 aromatic carbocycles. The van der Waals surface area contributed by atoms with Crippen LogP contribution in [0.15, 0.2) is 47.2 Å². The number of imidazole rings is 1. The normalized spacial score (nSPS) is 11.0. The van der Waals surface area contributed by atoms with Gasteiger partial charge in [0, 0.05) is 12.6 Å². The summed E-state index contributed by atoms with van der Waals surface area (Å²) in [6.45, 7) is 4.76. The number of para-hydroxylation sites is 1. The number of benzene rings is 1. The first kappa shape index (κ1) is 14.1. The first-order valence-electron chi connectivity index (χ1n) is 6.96. The maximum absolute atomic E-state index is 5.86. The molecule has 0 radical (unpaired) electrons. The summed E-state index contributed by atoms with van der Waals surface area (Å²) in [6, 6.07) is 12.2. The Morgan fingerprint density at radius 2 is 1.95 bits per heavy atom. The molecule has 0 atom stereocenters. The van der Waals surface area contributed by atoms with Crippen LogP contribution in [0.4, 0.5) is 0 Å². The summed E-state index contributed by atoms with van der Waals surface area (Å²) in [4.78, 5) is 4.58. The van der Waals surface area contributed by atoms with Crippen molar-refractivity contribution in [3.8, 4) is 5.75 Å². The predicted molar refractivity (Wildman–Crippen MR) is 88.0 cm³/mol. The van der Waals surface area contributed by atoms with E-state index in [2.05, 4.69) is 63.6 Å². The second-order valence-corrected chi connectivity index (χ2v) is 5.90.